The maximum absolute atomic E-state index is 2.34. The molecule has 0 unspecified atom stereocenters. The quantitative estimate of drug-likeness (QED) is 0.565. The molecule has 0 nitrogen and oxygen atoms in total. The van der Waals surface area contributed by atoms with E-state index < -0.39 is 0 Å². The van der Waals surface area contributed by atoms with Gasteiger partial charge in [0.05, 0.1) is 0 Å². The van der Waals surface area contributed by atoms with Crippen LogP contribution in [0.2, 0.25) is 0 Å². The molecule has 1 rings (SSSR count). The fourth-order valence-electron chi connectivity index (χ4n) is 2.83. The second kappa shape index (κ2) is 4.89. The Morgan fingerprint density at radius 2 is 1.58 bits per heavy atom. The van der Waals surface area contributed by atoms with Gasteiger partial charge < -0.3 is 0 Å². The second-order valence-electron chi connectivity index (χ2n) is 4.56. The molecule has 0 atom stereocenters. The van der Waals surface area contributed by atoms with E-state index in [0.717, 1.165) is 5.41 Å². The van der Waals surface area contributed by atoms with E-state index in [1.165, 1.54) is 57.8 Å². The van der Waals surface area contributed by atoms with Gasteiger partial charge in [-0.25, -0.2) is 0 Å². The first-order valence-corrected chi connectivity index (χ1v) is 5.83. The fraction of sp³-hybridized carbons (Fsp3) is 1.00. The number of hydrogen-bond donors (Lipinski definition) is 0. The van der Waals surface area contributed by atoms with Crippen molar-refractivity contribution in [3.8, 4) is 0 Å². The lowest BCUT2D eigenvalue weighted by Gasteiger charge is -2.28. The molecule has 0 aromatic rings. The molecule has 12 heavy (non-hydrogen) atoms. The first-order valence-electron chi connectivity index (χ1n) is 5.83. The van der Waals surface area contributed by atoms with Crippen LogP contribution in [0.15, 0.2) is 0 Å². The first kappa shape index (κ1) is 10.1. The lowest BCUT2D eigenvalue weighted by molar-refractivity contribution is 0.238. The molecular formula is C12H24. The Labute approximate surface area is 77.7 Å². The van der Waals surface area contributed by atoms with Crippen molar-refractivity contribution in [2.45, 2.75) is 71.6 Å². The lowest BCUT2D eigenvalue weighted by atomic mass is 9.77. The minimum atomic E-state index is 0.796. The average molecular weight is 168 g/mol. The summed E-state index contributed by atoms with van der Waals surface area (Å²) < 4.78 is 0. The Morgan fingerprint density at radius 3 is 2.08 bits per heavy atom. The normalized spacial score (nSPS) is 21.5. The van der Waals surface area contributed by atoms with Crippen molar-refractivity contribution >= 4 is 0 Å². The molecule has 0 spiro atoms. The van der Waals surface area contributed by atoms with Crippen molar-refractivity contribution < 1.29 is 0 Å². The summed E-state index contributed by atoms with van der Waals surface area (Å²) in [6.07, 6.45) is 13.3. The predicted octanol–water partition coefficient (Wildman–Crippen LogP) is 4.54. The number of unbranched alkanes of at least 4 members (excludes halogenated alkanes) is 1. The van der Waals surface area contributed by atoms with Crippen LogP contribution in [0.3, 0.4) is 0 Å². The maximum atomic E-state index is 2.34. The van der Waals surface area contributed by atoms with Crippen LogP contribution in [-0.4, -0.2) is 0 Å². The van der Waals surface area contributed by atoms with Crippen molar-refractivity contribution in [2.24, 2.45) is 5.41 Å². The van der Waals surface area contributed by atoms with Gasteiger partial charge in [0.25, 0.3) is 0 Å². The van der Waals surface area contributed by atoms with Crippen LogP contribution >= 0.6 is 0 Å². The third-order valence-corrected chi connectivity index (χ3v) is 3.51. The minimum absolute atomic E-state index is 0.796. The summed E-state index contributed by atoms with van der Waals surface area (Å²) in [5.74, 6) is 0. The van der Waals surface area contributed by atoms with E-state index in [9.17, 15) is 0 Å². The van der Waals surface area contributed by atoms with Gasteiger partial charge in [-0.3, -0.25) is 0 Å². The highest BCUT2D eigenvalue weighted by Crippen LogP contribution is 2.45. The highest BCUT2D eigenvalue weighted by Gasteiger charge is 2.31. The van der Waals surface area contributed by atoms with Gasteiger partial charge in [-0.15, -0.1) is 0 Å². The Hall–Kier alpha value is 0. The van der Waals surface area contributed by atoms with E-state index in [-0.39, 0.29) is 0 Å². The highest BCUT2D eigenvalue weighted by atomic mass is 14.4. The van der Waals surface area contributed by atoms with Crippen molar-refractivity contribution in [1.82, 2.24) is 0 Å². The molecule has 0 bridgehead atoms. The van der Waals surface area contributed by atoms with E-state index in [0.29, 0.717) is 0 Å². The van der Waals surface area contributed by atoms with Gasteiger partial charge in [0.1, 0.15) is 0 Å². The zero-order valence-electron chi connectivity index (χ0n) is 8.86. The van der Waals surface area contributed by atoms with Crippen molar-refractivity contribution in [2.75, 3.05) is 0 Å². The first-order chi connectivity index (χ1) is 5.83. The Kier molecular flexibility index (Phi) is 4.11. The fourth-order valence-corrected chi connectivity index (χ4v) is 2.83. The van der Waals surface area contributed by atoms with E-state index in [1.807, 2.05) is 0 Å². The molecule has 1 aliphatic rings. The average Bonchev–Trinajstić information content (AvgIpc) is 2.51. The van der Waals surface area contributed by atoms with Crippen LogP contribution in [0.5, 0.6) is 0 Å². The van der Waals surface area contributed by atoms with Gasteiger partial charge in [0.15, 0.2) is 0 Å². The molecule has 1 aliphatic carbocycles. The van der Waals surface area contributed by atoms with Crippen LogP contribution in [0.4, 0.5) is 0 Å². The molecule has 0 amide bonds. The minimum Gasteiger partial charge on any atom is -0.0654 e. The van der Waals surface area contributed by atoms with Crippen LogP contribution < -0.4 is 0 Å². The molecular weight excluding hydrogens is 144 g/mol. The number of hydrogen-bond acceptors (Lipinski definition) is 0. The van der Waals surface area contributed by atoms with Crippen LogP contribution in [0.1, 0.15) is 71.6 Å². The van der Waals surface area contributed by atoms with Gasteiger partial charge >= 0.3 is 0 Å². The Morgan fingerprint density at radius 1 is 0.917 bits per heavy atom. The molecule has 0 N–H and O–H groups in total. The molecule has 0 aliphatic heterocycles. The van der Waals surface area contributed by atoms with E-state index in [1.54, 1.807) is 0 Å². The van der Waals surface area contributed by atoms with Crippen molar-refractivity contribution in [1.29, 1.82) is 0 Å². The maximum Gasteiger partial charge on any atom is -0.0298 e. The Balaban J connectivity index is 2.35. The monoisotopic (exact) mass is 168 g/mol. The topological polar surface area (TPSA) is 0 Å². The summed E-state index contributed by atoms with van der Waals surface area (Å²) in [6.45, 7) is 4.65. The third kappa shape index (κ3) is 2.50. The zero-order chi connectivity index (χ0) is 8.86. The van der Waals surface area contributed by atoms with Crippen molar-refractivity contribution in [3.05, 3.63) is 0 Å². The SMILES string of the molecule is CCCCC1(CCC)CCCC1. The van der Waals surface area contributed by atoms with Crippen molar-refractivity contribution in [3.63, 3.8) is 0 Å². The summed E-state index contributed by atoms with van der Waals surface area (Å²) in [7, 11) is 0. The molecule has 0 radical (unpaired) electrons. The van der Waals surface area contributed by atoms with Crippen LogP contribution in [-0.2, 0) is 0 Å². The van der Waals surface area contributed by atoms with Gasteiger partial charge in [-0.1, -0.05) is 46.0 Å². The van der Waals surface area contributed by atoms with E-state index in [2.05, 4.69) is 13.8 Å². The molecule has 1 saturated carbocycles. The number of rotatable bonds is 5. The lowest BCUT2D eigenvalue weighted by Crippen LogP contribution is -2.15. The molecule has 0 aromatic heterocycles. The van der Waals surface area contributed by atoms with Crippen LogP contribution in [0.25, 0.3) is 0 Å². The molecule has 0 saturated heterocycles. The van der Waals surface area contributed by atoms with E-state index in [4.69, 9.17) is 0 Å². The summed E-state index contributed by atoms with van der Waals surface area (Å²) in [5, 5.41) is 0. The summed E-state index contributed by atoms with van der Waals surface area (Å²) >= 11 is 0. The summed E-state index contributed by atoms with van der Waals surface area (Å²) in [6, 6.07) is 0. The standard InChI is InChI=1S/C12H24/c1-3-5-9-12(8-4-2)10-6-7-11-12/h3-11H2,1-2H3. The summed E-state index contributed by atoms with van der Waals surface area (Å²) in [4.78, 5) is 0. The van der Waals surface area contributed by atoms with Gasteiger partial charge in [-0.2, -0.15) is 0 Å². The Bertz CT molecular complexity index is 109. The zero-order valence-corrected chi connectivity index (χ0v) is 8.86. The second-order valence-corrected chi connectivity index (χ2v) is 4.56. The predicted molar refractivity (Wildman–Crippen MR) is 55.3 cm³/mol. The largest absolute Gasteiger partial charge is 0.0654 e. The molecule has 0 heteroatoms. The van der Waals surface area contributed by atoms with Gasteiger partial charge in [0.2, 0.25) is 0 Å². The van der Waals surface area contributed by atoms with Crippen LogP contribution in [0, 0.1) is 5.41 Å². The third-order valence-electron chi connectivity index (χ3n) is 3.51. The summed E-state index contributed by atoms with van der Waals surface area (Å²) in [5.41, 5.74) is 0.796. The molecule has 1 fully saturated rings. The highest BCUT2D eigenvalue weighted by molar-refractivity contribution is 4.83. The van der Waals surface area contributed by atoms with Gasteiger partial charge in [0, 0.05) is 0 Å². The van der Waals surface area contributed by atoms with Gasteiger partial charge in [-0.05, 0) is 31.1 Å². The molecule has 0 aromatic carbocycles. The van der Waals surface area contributed by atoms with E-state index >= 15 is 0 Å². The molecule has 0 heterocycles. The molecule has 72 valence electrons. The smallest absolute Gasteiger partial charge is 0.0298 e.